The van der Waals surface area contributed by atoms with Crippen LogP contribution in [0.15, 0.2) is 30.6 Å². The van der Waals surface area contributed by atoms with E-state index in [1.54, 1.807) is 12.1 Å². The first kappa shape index (κ1) is 17.9. The summed E-state index contributed by atoms with van der Waals surface area (Å²) < 4.78 is 6.94. The highest BCUT2D eigenvalue weighted by Crippen LogP contribution is 2.31. The number of aliphatic hydroxyl groups excluding tert-OH is 1. The lowest BCUT2D eigenvalue weighted by Gasteiger charge is -2.11. The molecule has 0 aliphatic rings. The molecule has 7 heteroatoms. The van der Waals surface area contributed by atoms with Gasteiger partial charge in [-0.1, -0.05) is 12.1 Å². The summed E-state index contributed by atoms with van der Waals surface area (Å²) in [5.41, 5.74) is 4.02. The van der Waals surface area contributed by atoms with E-state index >= 15 is 0 Å². The van der Waals surface area contributed by atoms with Crippen LogP contribution >= 0.6 is 0 Å². The molecule has 0 amide bonds. The zero-order valence-electron chi connectivity index (χ0n) is 15.1. The summed E-state index contributed by atoms with van der Waals surface area (Å²) in [5.74, 6) is 0.224. The molecule has 2 N–H and O–H groups in total. The van der Waals surface area contributed by atoms with Gasteiger partial charge in [-0.15, -0.1) is 0 Å². The number of rotatable bonds is 6. The molecule has 7 nitrogen and oxygen atoms in total. The lowest BCUT2D eigenvalue weighted by molar-refractivity contribution is 0.0602. The molecular weight excluding hydrogens is 332 g/mol. The van der Waals surface area contributed by atoms with Gasteiger partial charge in [0.1, 0.15) is 17.8 Å². The third kappa shape index (κ3) is 3.13. The highest BCUT2D eigenvalue weighted by Gasteiger charge is 2.18. The average Bonchev–Trinajstić information content (AvgIpc) is 2.91. The van der Waals surface area contributed by atoms with Crippen LogP contribution in [0.5, 0.6) is 0 Å². The van der Waals surface area contributed by atoms with Crippen LogP contribution in [0.1, 0.15) is 28.0 Å². The molecule has 3 aromatic rings. The van der Waals surface area contributed by atoms with Crippen molar-refractivity contribution in [3.05, 3.63) is 47.4 Å². The van der Waals surface area contributed by atoms with Gasteiger partial charge in [0.05, 0.1) is 23.7 Å². The molecule has 0 fully saturated rings. The predicted octanol–water partition coefficient (Wildman–Crippen LogP) is 2.96. The molecule has 0 spiro atoms. The number of carbonyl (C=O) groups is 1. The molecule has 2 heterocycles. The van der Waals surface area contributed by atoms with Gasteiger partial charge in [-0.25, -0.2) is 14.8 Å². The van der Waals surface area contributed by atoms with Gasteiger partial charge in [0, 0.05) is 18.8 Å². The third-order valence-corrected chi connectivity index (χ3v) is 4.53. The Balaban J connectivity index is 2.09. The molecule has 136 valence electrons. The zero-order valence-corrected chi connectivity index (χ0v) is 15.1. The van der Waals surface area contributed by atoms with Gasteiger partial charge in [-0.2, -0.15) is 0 Å². The maximum Gasteiger partial charge on any atom is 0.339 e. The van der Waals surface area contributed by atoms with Crippen molar-refractivity contribution in [3.8, 4) is 0 Å². The summed E-state index contributed by atoms with van der Waals surface area (Å²) in [5, 5.41) is 13.3. The van der Waals surface area contributed by atoms with Gasteiger partial charge in [-0.3, -0.25) is 0 Å². The van der Waals surface area contributed by atoms with Crippen LogP contribution in [0.4, 0.5) is 11.5 Å². The summed E-state index contributed by atoms with van der Waals surface area (Å²) in [6.45, 7) is 4.86. The number of hydrogen-bond donors (Lipinski definition) is 2. The molecule has 3 rings (SSSR count). The van der Waals surface area contributed by atoms with Crippen LogP contribution in [0, 0.1) is 13.8 Å². The molecule has 0 aliphatic heterocycles. The number of benzene rings is 1. The summed E-state index contributed by atoms with van der Waals surface area (Å²) in [6, 6.07) is 7.15. The Kier molecular flexibility index (Phi) is 5.18. The lowest BCUT2D eigenvalue weighted by Crippen LogP contribution is -2.07. The van der Waals surface area contributed by atoms with Crippen molar-refractivity contribution < 1.29 is 14.6 Å². The molecular formula is C19H22N4O3. The second kappa shape index (κ2) is 7.53. The number of esters is 1. The first-order valence-electron chi connectivity index (χ1n) is 8.44. The summed E-state index contributed by atoms with van der Waals surface area (Å²) in [7, 11) is 1.36. The fraction of sp³-hybridized carbons (Fsp3) is 0.316. The average molecular weight is 354 g/mol. The Labute approximate surface area is 151 Å². The Morgan fingerprint density at radius 3 is 2.77 bits per heavy atom. The third-order valence-electron chi connectivity index (χ3n) is 4.53. The van der Waals surface area contributed by atoms with Crippen LogP contribution < -0.4 is 5.32 Å². The number of hydrogen-bond acceptors (Lipinski definition) is 6. The van der Waals surface area contributed by atoms with Crippen molar-refractivity contribution in [2.75, 3.05) is 19.0 Å². The van der Waals surface area contributed by atoms with Gasteiger partial charge >= 0.3 is 5.97 Å². The standard InChI is InChI=1S/C19H22N4O3/c1-12-13(2)23(9-6-10-24)18-16(12)17(20-11-21-18)22-15-8-5-4-7-14(15)19(25)26-3/h4-5,7-8,11,24H,6,9-10H2,1-3H3,(H,20,21,22). The van der Waals surface area contributed by atoms with Crippen LogP contribution in [-0.2, 0) is 11.3 Å². The fourth-order valence-electron chi connectivity index (χ4n) is 3.07. The molecule has 0 saturated heterocycles. The number of nitrogens with one attached hydrogen (secondary N) is 1. The number of para-hydroxylation sites is 1. The summed E-state index contributed by atoms with van der Waals surface area (Å²) in [6.07, 6.45) is 2.15. The summed E-state index contributed by atoms with van der Waals surface area (Å²) in [4.78, 5) is 20.8. The minimum absolute atomic E-state index is 0.126. The molecule has 0 bridgehead atoms. The van der Waals surface area contributed by atoms with E-state index in [2.05, 4.69) is 19.9 Å². The van der Waals surface area contributed by atoms with E-state index in [4.69, 9.17) is 9.84 Å². The molecule has 0 atom stereocenters. The first-order chi connectivity index (χ1) is 12.6. The van der Waals surface area contributed by atoms with E-state index in [1.165, 1.54) is 13.4 Å². The zero-order chi connectivity index (χ0) is 18.7. The quantitative estimate of drug-likeness (QED) is 0.662. The van der Waals surface area contributed by atoms with E-state index in [0.717, 1.165) is 22.3 Å². The van der Waals surface area contributed by atoms with E-state index in [1.807, 2.05) is 26.0 Å². The monoisotopic (exact) mass is 354 g/mol. The predicted molar refractivity (Wildman–Crippen MR) is 99.8 cm³/mol. The van der Waals surface area contributed by atoms with E-state index in [9.17, 15) is 4.79 Å². The Bertz CT molecular complexity index is 949. The molecule has 0 radical (unpaired) electrons. The van der Waals surface area contributed by atoms with Crippen LogP contribution in [0.3, 0.4) is 0 Å². The minimum Gasteiger partial charge on any atom is -0.465 e. The van der Waals surface area contributed by atoms with Crippen LogP contribution in [-0.4, -0.2) is 39.3 Å². The number of methoxy groups -OCH3 is 1. The molecule has 2 aromatic heterocycles. The number of aliphatic hydroxyl groups is 1. The van der Waals surface area contributed by atoms with Crippen LogP contribution in [0.2, 0.25) is 0 Å². The smallest absolute Gasteiger partial charge is 0.339 e. The van der Waals surface area contributed by atoms with E-state index in [-0.39, 0.29) is 6.61 Å². The SMILES string of the molecule is COC(=O)c1ccccc1Nc1ncnc2c1c(C)c(C)n2CCCO. The number of nitrogens with zero attached hydrogens (tertiary/aromatic N) is 3. The van der Waals surface area contributed by atoms with Gasteiger partial charge < -0.3 is 19.7 Å². The topological polar surface area (TPSA) is 89.3 Å². The number of carbonyl (C=O) groups excluding carboxylic acids is 1. The van der Waals surface area contributed by atoms with Crippen molar-refractivity contribution >= 4 is 28.5 Å². The van der Waals surface area contributed by atoms with Gasteiger partial charge in [-0.05, 0) is 38.0 Å². The maximum atomic E-state index is 12.0. The second-order valence-electron chi connectivity index (χ2n) is 6.02. The Morgan fingerprint density at radius 1 is 1.27 bits per heavy atom. The Hall–Kier alpha value is -2.93. The van der Waals surface area contributed by atoms with Crippen LogP contribution in [0.25, 0.3) is 11.0 Å². The second-order valence-corrected chi connectivity index (χ2v) is 6.02. The molecule has 26 heavy (non-hydrogen) atoms. The van der Waals surface area contributed by atoms with Gasteiger partial charge in [0.15, 0.2) is 0 Å². The number of anilines is 2. The highest BCUT2D eigenvalue weighted by atomic mass is 16.5. The van der Waals surface area contributed by atoms with Crippen molar-refractivity contribution in [2.45, 2.75) is 26.8 Å². The van der Waals surface area contributed by atoms with Gasteiger partial charge in [0.2, 0.25) is 0 Å². The first-order valence-corrected chi connectivity index (χ1v) is 8.44. The normalized spacial score (nSPS) is 10.9. The Morgan fingerprint density at radius 2 is 2.04 bits per heavy atom. The van der Waals surface area contributed by atoms with Crippen molar-refractivity contribution in [1.82, 2.24) is 14.5 Å². The van der Waals surface area contributed by atoms with Crippen molar-refractivity contribution in [2.24, 2.45) is 0 Å². The van der Waals surface area contributed by atoms with E-state index < -0.39 is 5.97 Å². The maximum absolute atomic E-state index is 12.0. The van der Waals surface area contributed by atoms with E-state index in [0.29, 0.717) is 30.0 Å². The largest absolute Gasteiger partial charge is 0.465 e. The molecule has 0 saturated carbocycles. The highest BCUT2D eigenvalue weighted by molar-refractivity contribution is 5.99. The summed E-state index contributed by atoms with van der Waals surface area (Å²) >= 11 is 0. The van der Waals surface area contributed by atoms with Crippen molar-refractivity contribution in [3.63, 3.8) is 0 Å². The fourth-order valence-corrected chi connectivity index (χ4v) is 3.07. The lowest BCUT2D eigenvalue weighted by atomic mass is 10.1. The molecule has 0 aliphatic carbocycles. The van der Waals surface area contributed by atoms with Gasteiger partial charge in [0.25, 0.3) is 0 Å². The molecule has 1 aromatic carbocycles. The number of aromatic nitrogens is 3. The molecule has 0 unspecified atom stereocenters. The number of aryl methyl sites for hydroxylation is 2. The minimum atomic E-state index is -0.410. The number of fused-ring (bicyclic) bond motifs is 1. The van der Waals surface area contributed by atoms with Crippen molar-refractivity contribution in [1.29, 1.82) is 0 Å². The number of ether oxygens (including phenoxy) is 1.